The van der Waals surface area contributed by atoms with Gasteiger partial charge in [-0.15, -0.1) is 0 Å². The number of pyridine rings is 1. The molecule has 3 aromatic rings. The average molecular weight is 443 g/mol. The van der Waals surface area contributed by atoms with Crippen molar-refractivity contribution in [1.82, 2.24) is 20.1 Å². The van der Waals surface area contributed by atoms with E-state index in [1.54, 1.807) is 23.1 Å². The second kappa shape index (κ2) is 7.43. The molecule has 3 aliphatic rings. The van der Waals surface area contributed by atoms with Crippen molar-refractivity contribution in [2.45, 2.75) is 38.8 Å². The number of nitrogen functional groups attached to an aromatic ring is 1. The van der Waals surface area contributed by atoms with Gasteiger partial charge in [0.15, 0.2) is 0 Å². The Hall–Kier alpha value is -3.68. The first-order valence-corrected chi connectivity index (χ1v) is 11.5. The van der Waals surface area contributed by atoms with E-state index in [0.29, 0.717) is 23.8 Å². The van der Waals surface area contributed by atoms with E-state index in [-0.39, 0.29) is 23.8 Å². The Morgan fingerprint density at radius 3 is 2.94 bits per heavy atom. The number of nitrogens with zero attached hydrogens (tertiary/aromatic N) is 4. The Kier molecular flexibility index (Phi) is 4.50. The molecule has 6 rings (SSSR count). The smallest absolute Gasteiger partial charge is 0.254 e. The van der Waals surface area contributed by atoms with Crippen LogP contribution < -0.4 is 16.0 Å². The monoisotopic (exact) mass is 442 g/mol. The van der Waals surface area contributed by atoms with Gasteiger partial charge in [0.1, 0.15) is 5.82 Å². The number of rotatable bonds is 5. The number of anilines is 2. The maximum Gasteiger partial charge on any atom is 0.254 e. The first-order valence-electron chi connectivity index (χ1n) is 11.5. The van der Waals surface area contributed by atoms with Gasteiger partial charge in [-0.2, -0.15) is 5.10 Å². The van der Waals surface area contributed by atoms with Crippen LogP contribution in [0.5, 0.6) is 0 Å². The molecule has 1 saturated heterocycles. The predicted octanol–water partition coefficient (Wildman–Crippen LogP) is 2.62. The molecule has 2 fully saturated rings. The van der Waals surface area contributed by atoms with E-state index in [1.165, 1.54) is 0 Å². The third kappa shape index (κ3) is 3.55. The zero-order valence-electron chi connectivity index (χ0n) is 18.5. The number of hydrogen-bond donors (Lipinski definition) is 2. The molecule has 1 saturated carbocycles. The molecule has 0 unspecified atom stereocenters. The van der Waals surface area contributed by atoms with Gasteiger partial charge in [-0.25, -0.2) is 4.98 Å². The van der Waals surface area contributed by atoms with Crippen LogP contribution in [0, 0.1) is 18.8 Å². The normalized spacial score (nSPS) is 22.9. The van der Waals surface area contributed by atoms with Crippen LogP contribution in [-0.4, -0.2) is 33.1 Å². The largest absolute Gasteiger partial charge is 0.384 e. The van der Waals surface area contributed by atoms with Crippen molar-refractivity contribution in [2.24, 2.45) is 11.8 Å². The zero-order valence-corrected chi connectivity index (χ0v) is 18.5. The van der Waals surface area contributed by atoms with E-state index in [2.05, 4.69) is 21.5 Å². The van der Waals surface area contributed by atoms with E-state index < -0.39 is 0 Å². The lowest BCUT2D eigenvalue weighted by Crippen LogP contribution is -2.28. The number of aromatic nitrogens is 3. The molecule has 2 aromatic heterocycles. The van der Waals surface area contributed by atoms with Crippen molar-refractivity contribution in [1.29, 1.82) is 0 Å². The van der Waals surface area contributed by atoms with Crippen LogP contribution in [0.1, 0.15) is 51.6 Å². The minimum Gasteiger partial charge on any atom is -0.384 e. The minimum absolute atomic E-state index is 0.0570. The number of amides is 2. The van der Waals surface area contributed by atoms with Crippen LogP contribution in [0.25, 0.3) is 0 Å². The molecule has 3 heterocycles. The number of carbonyl (C=O) groups is 2. The molecule has 0 spiro atoms. The maximum absolute atomic E-state index is 12.8. The summed E-state index contributed by atoms with van der Waals surface area (Å²) in [4.78, 5) is 31.5. The summed E-state index contributed by atoms with van der Waals surface area (Å²) in [6.07, 6.45) is 6.05. The molecule has 33 heavy (non-hydrogen) atoms. The lowest BCUT2D eigenvalue weighted by molar-refractivity contribution is -0.118. The molecule has 1 aromatic carbocycles. The van der Waals surface area contributed by atoms with Gasteiger partial charge in [-0.1, -0.05) is 18.2 Å². The van der Waals surface area contributed by atoms with Gasteiger partial charge in [-0.05, 0) is 60.9 Å². The summed E-state index contributed by atoms with van der Waals surface area (Å²) in [7, 11) is 0. The summed E-state index contributed by atoms with van der Waals surface area (Å²) in [5.41, 5.74) is 11.5. The molecule has 0 radical (unpaired) electrons. The predicted molar refractivity (Wildman–Crippen MR) is 124 cm³/mol. The Labute approximate surface area is 191 Å². The van der Waals surface area contributed by atoms with Crippen LogP contribution in [-0.2, 0) is 17.8 Å². The van der Waals surface area contributed by atoms with Crippen molar-refractivity contribution in [3.8, 4) is 0 Å². The summed E-state index contributed by atoms with van der Waals surface area (Å²) in [5.74, 6) is 1.44. The Balaban J connectivity index is 1.12. The van der Waals surface area contributed by atoms with E-state index in [4.69, 9.17) is 5.73 Å². The van der Waals surface area contributed by atoms with Crippen LogP contribution in [0.4, 0.5) is 11.5 Å². The van der Waals surface area contributed by atoms with E-state index >= 15 is 0 Å². The summed E-state index contributed by atoms with van der Waals surface area (Å²) in [6.45, 7) is 3.44. The second-order valence-corrected chi connectivity index (χ2v) is 9.44. The lowest BCUT2D eigenvalue weighted by Gasteiger charge is -2.21. The summed E-state index contributed by atoms with van der Waals surface area (Å²) < 4.78 is 1.77. The highest BCUT2D eigenvalue weighted by Crippen LogP contribution is 2.47. The molecule has 8 heteroatoms. The van der Waals surface area contributed by atoms with Gasteiger partial charge >= 0.3 is 0 Å². The fraction of sp³-hybridized carbons (Fsp3) is 0.360. The van der Waals surface area contributed by atoms with Crippen molar-refractivity contribution >= 4 is 23.3 Å². The van der Waals surface area contributed by atoms with E-state index in [0.717, 1.165) is 53.9 Å². The first kappa shape index (κ1) is 20.0. The average Bonchev–Trinajstić information content (AvgIpc) is 3.07. The zero-order chi connectivity index (χ0) is 22.7. The van der Waals surface area contributed by atoms with E-state index in [9.17, 15) is 9.59 Å². The highest BCUT2D eigenvalue weighted by molar-refractivity contribution is 6.00. The number of carbonyl (C=O) groups excluding carboxylic acids is 2. The van der Waals surface area contributed by atoms with Gasteiger partial charge in [0.25, 0.3) is 5.91 Å². The third-order valence-electron chi connectivity index (χ3n) is 7.10. The van der Waals surface area contributed by atoms with E-state index in [1.807, 2.05) is 30.0 Å². The SMILES string of the molecule is Cc1cc(Cn2cc(C(=O)N[C@@H]3CCc4nc(N)ccc43)cn2)ccc1N1C[C@H]2C[C@@H]2C1=O. The van der Waals surface area contributed by atoms with Crippen LogP contribution in [0.2, 0.25) is 0 Å². The molecule has 168 valence electrons. The number of benzene rings is 1. The highest BCUT2D eigenvalue weighted by Gasteiger charge is 2.52. The second-order valence-electron chi connectivity index (χ2n) is 9.44. The number of aryl methyl sites for hydroxylation is 2. The van der Waals surface area contributed by atoms with Crippen LogP contribution in [0.15, 0.2) is 42.7 Å². The molecule has 3 atom stereocenters. The number of hydrogen-bond acceptors (Lipinski definition) is 5. The molecule has 2 aliphatic carbocycles. The van der Waals surface area contributed by atoms with Crippen LogP contribution in [0.3, 0.4) is 0 Å². The van der Waals surface area contributed by atoms with Crippen molar-refractivity contribution in [3.63, 3.8) is 0 Å². The van der Waals surface area contributed by atoms with Gasteiger partial charge < -0.3 is 16.0 Å². The standard InChI is InChI=1S/C25H26N6O2/c1-14-8-15(2-6-22(14)31-13-16-9-19(16)25(31)33)11-30-12-17(10-27-30)24(32)29-21-5-4-20-18(21)3-7-23(26)28-20/h2-3,6-8,10,12,16,19,21H,4-5,9,11,13H2,1H3,(H2,26,28)(H,29,32)/t16-,19+,21-/m1/s1. The fourth-order valence-corrected chi connectivity index (χ4v) is 5.24. The molecule has 1 aliphatic heterocycles. The lowest BCUT2D eigenvalue weighted by atomic mass is 10.1. The van der Waals surface area contributed by atoms with Crippen molar-refractivity contribution in [3.05, 3.63) is 70.7 Å². The summed E-state index contributed by atoms with van der Waals surface area (Å²) in [5, 5.41) is 7.48. The summed E-state index contributed by atoms with van der Waals surface area (Å²) >= 11 is 0. The highest BCUT2D eigenvalue weighted by atomic mass is 16.2. The number of piperidine rings is 1. The summed E-state index contributed by atoms with van der Waals surface area (Å²) in [6, 6.07) is 9.83. The van der Waals surface area contributed by atoms with Crippen molar-refractivity contribution < 1.29 is 9.59 Å². The maximum atomic E-state index is 12.8. The number of nitrogens with two attached hydrogens (primary N) is 1. The topological polar surface area (TPSA) is 106 Å². The number of fused-ring (bicyclic) bond motifs is 2. The van der Waals surface area contributed by atoms with Gasteiger partial charge in [-0.3, -0.25) is 14.3 Å². The molecular formula is C25H26N6O2. The molecular weight excluding hydrogens is 416 g/mol. The Morgan fingerprint density at radius 1 is 1.27 bits per heavy atom. The molecule has 2 amide bonds. The van der Waals surface area contributed by atoms with Gasteiger partial charge in [0, 0.05) is 30.0 Å². The molecule has 8 nitrogen and oxygen atoms in total. The molecule has 3 N–H and O–H groups in total. The van der Waals surface area contributed by atoms with Crippen LogP contribution >= 0.6 is 0 Å². The Morgan fingerprint density at radius 2 is 2.15 bits per heavy atom. The minimum atomic E-state index is -0.145. The quantitative estimate of drug-likeness (QED) is 0.632. The van der Waals surface area contributed by atoms with Crippen molar-refractivity contribution in [2.75, 3.05) is 17.2 Å². The number of nitrogens with one attached hydrogen (secondary N) is 1. The van der Waals surface area contributed by atoms with Gasteiger partial charge in [0.2, 0.25) is 5.91 Å². The third-order valence-corrected chi connectivity index (χ3v) is 7.10. The van der Waals surface area contributed by atoms with Gasteiger partial charge in [0.05, 0.1) is 24.3 Å². The molecule has 0 bridgehead atoms. The fourth-order valence-electron chi connectivity index (χ4n) is 5.24. The first-order chi connectivity index (χ1) is 16.0. The Bertz CT molecular complexity index is 1280.